The van der Waals surface area contributed by atoms with Gasteiger partial charge in [0.1, 0.15) is 35.1 Å². The van der Waals surface area contributed by atoms with Crippen molar-refractivity contribution in [2.75, 3.05) is 41.5 Å². The number of amides is 4. The standard InChI is InChI=1S/C38H46N8O8/c1-23(52-4)31(43-37(49)54-6)35(47)45-19-7-9-29(45)33-39-21-27(41-33)17-15-25-11-13-26(14-12-25)16-18-28-22-40-34(42-28)30-10-8-20-46(30)36(48)32(24(2)53-5)44(3)38(50)51/h11-14,21-24,29-32H,7-10,19-20H2,1-6H3,(H,39,41)(H,40,42)(H,43,49)(H,50,51)/t23-,24-,29+,30+,31+,32+/m1/s1. The fourth-order valence-electron chi connectivity index (χ4n) is 6.66. The Morgan fingerprint density at radius 2 is 1.30 bits per heavy atom. The van der Waals surface area contributed by atoms with Crippen LogP contribution < -0.4 is 5.32 Å². The molecule has 2 saturated heterocycles. The lowest BCUT2D eigenvalue weighted by Gasteiger charge is -2.34. The number of methoxy groups -OCH3 is 3. The van der Waals surface area contributed by atoms with E-state index in [1.165, 1.54) is 28.4 Å². The van der Waals surface area contributed by atoms with Crippen molar-refractivity contribution in [1.29, 1.82) is 0 Å². The van der Waals surface area contributed by atoms with Crippen molar-refractivity contribution < 1.29 is 38.5 Å². The number of alkyl carbamates (subject to hydrolysis) is 1. The van der Waals surface area contributed by atoms with E-state index in [1.807, 2.05) is 24.3 Å². The van der Waals surface area contributed by atoms with E-state index in [9.17, 15) is 24.3 Å². The van der Waals surface area contributed by atoms with Gasteiger partial charge in [-0.05, 0) is 75.6 Å². The number of aromatic nitrogens is 4. The number of nitrogens with one attached hydrogen (secondary N) is 3. The lowest BCUT2D eigenvalue weighted by Crippen LogP contribution is -2.54. The maximum atomic E-state index is 13.5. The molecule has 0 radical (unpaired) electrons. The summed E-state index contributed by atoms with van der Waals surface area (Å²) in [5, 5.41) is 12.1. The van der Waals surface area contributed by atoms with E-state index in [0.717, 1.165) is 28.9 Å². The number of hydrogen-bond donors (Lipinski definition) is 4. The molecule has 5 rings (SSSR count). The van der Waals surface area contributed by atoms with E-state index < -0.39 is 36.5 Å². The van der Waals surface area contributed by atoms with Crippen LogP contribution in [0.5, 0.6) is 0 Å². The van der Waals surface area contributed by atoms with Crippen LogP contribution in [-0.4, -0.2) is 130 Å². The minimum atomic E-state index is -1.21. The number of H-pyrrole nitrogens is 2. The molecule has 1 aromatic carbocycles. The van der Waals surface area contributed by atoms with Gasteiger partial charge in [-0.15, -0.1) is 0 Å². The Labute approximate surface area is 313 Å². The highest BCUT2D eigenvalue weighted by atomic mass is 16.5. The summed E-state index contributed by atoms with van der Waals surface area (Å²) in [5.41, 5.74) is 2.71. The van der Waals surface area contributed by atoms with E-state index in [4.69, 9.17) is 14.2 Å². The lowest BCUT2D eigenvalue weighted by atomic mass is 10.1. The van der Waals surface area contributed by atoms with Crippen molar-refractivity contribution in [3.8, 4) is 23.7 Å². The van der Waals surface area contributed by atoms with Gasteiger partial charge >= 0.3 is 12.2 Å². The van der Waals surface area contributed by atoms with Gasteiger partial charge in [-0.3, -0.25) is 14.5 Å². The first-order valence-electron chi connectivity index (χ1n) is 17.7. The highest BCUT2D eigenvalue weighted by Gasteiger charge is 2.41. The number of carbonyl (C=O) groups excluding carboxylic acids is 3. The van der Waals surface area contributed by atoms with Gasteiger partial charge in [0.05, 0.1) is 43.8 Å². The second kappa shape index (κ2) is 17.8. The number of likely N-dealkylation sites (N-methyl/N-ethyl adjacent to an activating group) is 1. The summed E-state index contributed by atoms with van der Waals surface area (Å²) in [6.45, 7) is 4.38. The van der Waals surface area contributed by atoms with Crippen molar-refractivity contribution in [2.45, 2.75) is 75.9 Å². The van der Waals surface area contributed by atoms with Gasteiger partial charge in [0, 0.05) is 45.5 Å². The highest BCUT2D eigenvalue weighted by molar-refractivity contribution is 5.87. The molecular weight excluding hydrogens is 696 g/mol. The average Bonchev–Trinajstić information content (AvgIpc) is 4.02. The first-order chi connectivity index (χ1) is 25.9. The monoisotopic (exact) mass is 742 g/mol. The number of nitrogens with zero attached hydrogens (tertiary/aromatic N) is 5. The summed E-state index contributed by atoms with van der Waals surface area (Å²) in [6.07, 6.45) is 3.06. The number of carbonyl (C=O) groups is 4. The molecule has 4 heterocycles. The molecule has 0 saturated carbocycles. The summed E-state index contributed by atoms with van der Waals surface area (Å²) < 4.78 is 15.4. The van der Waals surface area contributed by atoms with Crippen molar-refractivity contribution in [3.63, 3.8) is 0 Å². The molecule has 4 N–H and O–H groups in total. The minimum Gasteiger partial charge on any atom is -0.465 e. The minimum absolute atomic E-state index is 0.279. The van der Waals surface area contributed by atoms with Crippen molar-refractivity contribution >= 4 is 24.0 Å². The molecule has 16 heteroatoms. The summed E-state index contributed by atoms with van der Waals surface area (Å²) in [5.74, 6) is 13.0. The molecule has 0 bridgehead atoms. The molecule has 2 fully saturated rings. The van der Waals surface area contributed by atoms with Crippen LogP contribution in [0.1, 0.15) is 85.8 Å². The van der Waals surface area contributed by atoms with Gasteiger partial charge < -0.3 is 44.4 Å². The molecule has 2 aromatic heterocycles. The van der Waals surface area contributed by atoms with Gasteiger partial charge in [-0.2, -0.15) is 0 Å². The van der Waals surface area contributed by atoms with Crippen LogP contribution in [0, 0.1) is 23.7 Å². The number of hydrogen-bond acceptors (Lipinski definition) is 9. The molecule has 2 aliphatic rings. The number of rotatable bonds is 10. The SMILES string of the molecule is COC(=O)N[C@H](C(=O)N1CCC[C@H]1c1ncc(C#Cc2ccc(C#Cc3cnc([C@@H]4CCCN4C(=O)[C@H]([C@@H](C)OC)N(C)C(=O)O)[nH]3)cc2)[nH]1)[C@@H](C)OC. The third kappa shape index (κ3) is 9.02. The number of likely N-dealkylation sites (tertiary alicyclic amines) is 2. The van der Waals surface area contributed by atoms with E-state index in [1.54, 1.807) is 36.0 Å². The largest absolute Gasteiger partial charge is 0.465 e. The van der Waals surface area contributed by atoms with Crippen LogP contribution in [0.3, 0.4) is 0 Å². The fraction of sp³-hybridized carbons (Fsp3) is 0.474. The summed E-state index contributed by atoms with van der Waals surface area (Å²) >= 11 is 0. The Morgan fingerprint density at radius 1 is 0.815 bits per heavy atom. The molecule has 0 aliphatic carbocycles. The molecule has 2 aliphatic heterocycles. The Kier molecular flexibility index (Phi) is 13.0. The molecule has 16 nitrogen and oxygen atoms in total. The Morgan fingerprint density at radius 3 is 1.74 bits per heavy atom. The van der Waals surface area contributed by atoms with Crippen LogP contribution in [0.4, 0.5) is 9.59 Å². The molecule has 4 amide bonds. The molecular formula is C38H46N8O8. The van der Waals surface area contributed by atoms with Gasteiger partial charge in [0.2, 0.25) is 11.8 Å². The average molecular weight is 743 g/mol. The smallest absolute Gasteiger partial charge is 0.407 e. The predicted octanol–water partition coefficient (Wildman–Crippen LogP) is 3.03. The van der Waals surface area contributed by atoms with Crippen LogP contribution in [0.25, 0.3) is 0 Å². The van der Waals surface area contributed by atoms with Gasteiger partial charge in [-0.25, -0.2) is 19.6 Å². The quantitative estimate of drug-likeness (QED) is 0.224. The Balaban J connectivity index is 1.21. The fourth-order valence-corrected chi connectivity index (χ4v) is 6.66. The zero-order valence-corrected chi connectivity index (χ0v) is 31.2. The molecule has 0 spiro atoms. The normalized spacial score (nSPS) is 18.7. The molecule has 286 valence electrons. The van der Waals surface area contributed by atoms with E-state index in [2.05, 4.69) is 48.9 Å². The van der Waals surface area contributed by atoms with Crippen LogP contribution in [-0.2, 0) is 23.8 Å². The summed E-state index contributed by atoms with van der Waals surface area (Å²) in [7, 11) is 5.53. The molecule has 6 atom stereocenters. The molecule has 54 heavy (non-hydrogen) atoms. The van der Waals surface area contributed by atoms with Crippen molar-refractivity contribution in [2.24, 2.45) is 0 Å². The summed E-state index contributed by atoms with van der Waals surface area (Å²) in [4.78, 5) is 70.5. The van der Waals surface area contributed by atoms with E-state index in [0.29, 0.717) is 49.0 Å². The Hall–Kier alpha value is -5.84. The van der Waals surface area contributed by atoms with Gasteiger partial charge in [0.25, 0.3) is 0 Å². The predicted molar refractivity (Wildman–Crippen MR) is 195 cm³/mol. The molecule has 3 aromatic rings. The maximum absolute atomic E-state index is 13.5. The first kappa shape index (κ1) is 39.4. The van der Waals surface area contributed by atoms with Crippen molar-refractivity contribution in [3.05, 3.63) is 70.8 Å². The van der Waals surface area contributed by atoms with E-state index in [-0.39, 0.29) is 23.9 Å². The Bertz CT molecular complexity index is 1940. The summed E-state index contributed by atoms with van der Waals surface area (Å²) in [6, 6.07) is 4.91. The lowest BCUT2D eigenvalue weighted by molar-refractivity contribution is -0.141. The first-order valence-corrected chi connectivity index (χ1v) is 17.7. The number of ether oxygens (including phenoxy) is 3. The highest BCUT2D eigenvalue weighted by Crippen LogP contribution is 2.33. The topological polar surface area (TPSA) is 195 Å². The number of aromatic amines is 2. The van der Waals surface area contributed by atoms with Crippen molar-refractivity contribution in [1.82, 2.24) is 40.0 Å². The zero-order valence-electron chi connectivity index (χ0n) is 31.2. The van der Waals surface area contributed by atoms with Gasteiger partial charge in [-0.1, -0.05) is 11.8 Å². The third-order valence-corrected chi connectivity index (χ3v) is 9.82. The van der Waals surface area contributed by atoms with Gasteiger partial charge in [0.15, 0.2) is 0 Å². The third-order valence-electron chi connectivity index (χ3n) is 9.82. The second-order valence-corrected chi connectivity index (χ2v) is 13.2. The van der Waals surface area contributed by atoms with Crippen LogP contribution >= 0.6 is 0 Å². The number of carboxylic acid groups (broad SMARTS) is 1. The van der Waals surface area contributed by atoms with Crippen LogP contribution in [0.15, 0.2) is 36.7 Å². The second-order valence-electron chi connectivity index (χ2n) is 13.2. The molecule has 0 unspecified atom stereocenters. The number of benzene rings is 1. The van der Waals surface area contributed by atoms with Crippen LogP contribution in [0.2, 0.25) is 0 Å². The zero-order chi connectivity index (χ0) is 38.9. The van der Waals surface area contributed by atoms with E-state index >= 15 is 0 Å². The number of imidazole rings is 2. The maximum Gasteiger partial charge on any atom is 0.407 e.